The molecule has 2 N–H and O–H groups in total. The number of aromatic nitrogens is 4. The molecule has 1 fully saturated rings. The number of H-pyrrole nitrogens is 1. The average molecular weight is 325 g/mol. The van der Waals surface area contributed by atoms with E-state index in [9.17, 15) is 5.11 Å². The number of benzene rings is 1. The van der Waals surface area contributed by atoms with E-state index in [4.69, 9.17) is 0 Å². The van der Waals surface area contributed by atoms with E-state index in [-0.39, 0.29) is 6.04 Å². The van der Waals surface area contributed by atoms with Gasteiger partial charge in [-0.15, -0.1) is 5.10 Å². The van der Waals surface area contributed by atoms with Crippen LogP contribution in [0.3, 0.4) is 0 Å². The van der Waals surface area contributed by atoms with Gasteiger partial charge in [0.15, 0.2) is 0 Å². The second kappa shape index (κ2) is 5.72. The van der Waals surface area contributed by atoms with Gasteiger partial charge < -0.3 is 10.1 Å². The highest BCUT2D eigenvalue weighted by Crippen LogP contribution is 2.32. The highest BCUT2D eigenvalue weighted by Gasteiger charge is 2.40. The van der Waals surface area contributed by atoms with Gasteiger partial charge in [0.25, 0.3) is 0 Å². The minimum Gasteiger partial charge on any atom is -0.382 e. The molecular formula is C18H23N5O. The molecule has 4 rings (SSSR count). The second-order valence-corrected chi connectivity index (χ2v) is 7.03. The first kappa shape index (κ1) is 15.4. The maximum absolute atomic E-state index is 11.0. The van der Waals surface area contributed by atoms with Gasteiger partial charge in [-0.25, -0.2) is 4.68 Å². The lowest BCUT2D eigenvalue weighted by Crippen LogP contribution is -2.31. The Morgan fingerprint density at radius 3 is 3.00 bits per heavy atom. The summed E-state index contributed by atoms with van der Waals surface area (Å²) in [6, 6.07) is 8.68. The van der Waals surface area contributed by atoms with Crippen molar-refractivity contribution in [3.05, 3.63) is 47.9 Å². The van der Waals surface area contributed by atoms with Crippen molar-refractivity contribution in [3.8, 4) is 0 Å². The van der Waals surface area contributed by atoms with Crippen LogP contribution in [0.2, 0.25) is 0 Å². The number of nitrogens with one attached hydrogen (secondary N) is 1. The fourth-order valence-corrected chi connectivity index (χ4v) is 3.49. The third kappa shape index (κ3) is 2.61. The summed E-state index contributed by atoms with van der Waals surface area (Å²) in [5.41, 5.74) is 2.21. The number of hydrogen-bond donors (Lipinski definition) is 2. The van der Waals surface area contributed by atoms with Crippen molar-refractivity contribution in [3.63, 3.8) is 0 Å². The lowest BCUT2D eigenvalue weighted by atomic mass is 10.00. The largest absolute Gasteiger partial charge is 0.382 e. The molecule has 6 heteroatoms. The van der Waals surface area contributed by atoms with Crippen molar-refractivity contribution in [1.82, 2.24) is 24.9 Å². The van der Waals surface area contributed by atoms with E-state index in [1.54, 1.807) is 4.68 Å². The molecule has 0 unspecified atom stereocenters. The minimum absolute atomic E-state index is 0.249. The Bertz CT molecular complexity index is 852. The molecule has 1 aliphatic heterocycles. The number of rotatable bonds is 4. The summed E-state index contributed by atoms with van der Waals surface area (Å²) in [7, 11) is 0. The van der Waals surface area contributed by atoms with Crippen LogP contribution >= 0.6 is 0 Å². The van der Waals surface area contributed by atoms with Crippen LogP contribution < -0.4 is 0 Å². The van der Waals surface area contributed by atoms with Crippen molar-refractivity contribution in [2.75, 3.05) is 13.1 Å². The number of fused-ring (bicyclic) bond motifs is 1. The average Bonchev–Trinajstić information content (AvgIpc) is 3.26. The van der Waals surface area contributed by atoms with E-state index in [1.807, 2.05) is 12.4 Å². The summed E-state index contributed by atoms with van der Waals surface area (Å²) in [6.07, 6.45) is 4.53. The molecule has 0 amide bonds. The highest BCUT2D eigenvalue weighted by atomic mass is 16.3. The van der Waals surface area contributed by atoms with Gasteiger partial charge in [-0.3, -0.25) is 4.90 Å². The Morgan fingerprint density at radius 1 is 1.33 bits per heavy atom. The predicted octanol–water partition coefficient (Wildman–Crippen LogP) is 2.43. The van der Waals surface area contributed by atoms with Crippen molar-refractivity contribution < 1.29 is 5.11 Å². The highest BCUT2D eigenvalue weighted by molar-refractivity contribution is 5.82. The number of hydrogen-bond acceptors (Lipinski definition) is 4. The van der Waals surface area contributed by atoms with E-state index < -0.39 is 5.60 Å². The summed E-state index contributed by atoms with van der Waals surface area (Å²) < 4.78 is 1.80. The third-order valence-corrected chi connectivity index (χ3v) is 4.92. The Kier molecular flexibility index (Phi) is 3.66. The van der Waals surface area contributed by atoms with Crippen LogP contribution in [-0.2, 0) is 12.1 Å². The summed E-state index contributed by atoms with van der Waals surface area (Å²) in [5, 5.41) is 20.6. The lowest BCUT2D eigenvalue weighted by Gasteiger charge is -2.21. The maximum Gasteiger partial charge on any atom is 0.124 e. The summed E-state index contributed by atoms with van der Waals surface area (Å²) in [6.45, 7) is 6.38. The molecule has 3 aromatic rings. The first-order valence-corrected chi connectivity index (χ1v) is 8.47. The summed E-state index contributed by atoms with van der Waals surface area (Å²) >= 11 is 0. The van der Waals surface area contributed by atoms with Crippen LogP contribution in [-0.4, -0.2) is 43.1 Å². The van der Waals surface area contributed by atoms with Crippen LogP contribution in [0.1, 0.15) is 37.6 Å². The van der Waals surface area contributed by atoms with E-state index in [2.05, 4.69) is 58.3 Å². The summed E-state index contributed by atoms with van der Waals surface area (Å²) in [4.78, 5) is 5.54. The van der Waals surface area contributed by atoms with Gasteiger partial charge in [0.05, 0.1) is 6.20 Å². The number of β-amino-alcohol motifs (C(OH)–C–C–N with tert-alkyl or cyclic N) is 1. The van der Waals surface area contributed by atoms with Crippen LogP contribution in [0.15, 0.2) is 36.7 Å². The van der Waals surface area contributed by atoms with Crippen molar-refractivity contribution in [2.45, 2.75) is 38.5 Å². The molecule has 6 nitrogen and oxygen atoms in total. The Hall–Kier alpha value is -2.18. The standard InChI is InChI=1S/C18H23N5O/c1-13(2)23-11-17(20-21-23)18(24)7-9-22(12-18)10-14-4-3-5-16-15(14)6-8-19-16/h3-6,8,11,13,19,24H,7,9-10,12H2,1-2H3/t18-/m0/s1. The smallest absolute Gasteiger partial charge is 0.124 e. The van der Waals surface area contributed by atoms with Gasteiger partial charge in [-0.2, -0.15) is 0 Å². The molecular weight excluding hydrogens is 302 g/mol. The quantitative estimate of drug-likeness (QED) is 0.773. The molecule has 1 saturated heterocycles. The molecule has 1 aromatic carbocycles. The molecule has 3 heterocycles. The van der Waals surface area contributed by atoms with Crippen molar-refractivity contribution >= 4 is 10.9 Å². The first-order chi connectivity index (χ1) is 11.5. The van der Waals surface area contributed by atoms with Gasteiger partial charge in [-0.1, -0.05) is 17.3 Å². The fraction of sp³-hybridized carbons (Fsp3) is 0.444. The van der Waals surface area contributed by atoms with Gasteiger partial charge >= 0.3 is 0 Å². The van der Waals surface area contributed by atoms with E-state index in [0.29, 0.717) is 18.7 Å². The Balaban J connectivity index is 1.52. The van der Waals surface area contributed by atoms with E-state index in [1.165, 1.54) is 10.9 Å². The number of aromatic amines is 1. The van der Waals surface area contributed by atoms with Gasteiger partial charge in [0.2, 0.25) is 0 Å². The molecule has 1 aliphatic rings. The van der Waals surface area contributed by atoms with Crippen LogP contribution in [0.25, 0.3) is 10.9 Å². The van der Waals surface area contributed by atoms with Crippen LogP contribution in [0.4, 0.5) is 0 Å². The zero-order chi connectivity index (χ0) is 16.7. The Labute approximate surface area is 141 Å². The molecule has 0 saturated carbocycles. The normalized spacial score (nSPS) is 22.0. The SMILES string of the molecule is CC(C)n1cc([C@]2(O)CCN(Cc3cccc4[nH]ccc34)C2)nn1. The number of likely N-dealkylation sites (tertiary alicyclic amines) is 1. The van der Waals surface area contributed by atoms with Gasteiger partial charge in [0.1, 0.15) is 11.3 Å². The number of aliphatic hydroxyl groups is 1. The Morgan fingerprint density at radius 2 is 2.21 bits per heavy atom. The molecule has 1 atom stereocenters. The lowest BCUT2D eigenvalue weighted by molar-refractivity contribution is 0.0408. The predicted molar refractivity (Wildman–Crippen MR) is 92.5 cm³/mol. The van der Waals surface area contributed by atoms with Crippen LogP contribution in [0.5, 0.6) is 0 Å². The molecule has 126 valence electrons. The third-order valence-electron chi connectivity index (χ3n) is 4.92. The maximum atomic E-state index is 11.0. The molecule has 2 aromatic heterocycles. The van der Waals surface area contributed by atoms with E-state index in [0.717, 1.165) is 18.6 Å². The molecule has 0 radical (unpaired) electrons. The number of nitrogens with zero attached hydrogens (tertiary/aromatic N) is 4. The molecule has 0 bridgehead atoms. The second-order valence-electron chi connectivity index (χ2n) is 7.03. The zero-order valence-electron chi connectivity index (χ0n) is 14.1. The summed E-state index contributed by atoms with van der Waals surface area (Å²) in [5.74, 6) is 0. The van der Waals surface area contributed by atoms with Crippen molar-refractivity contribution in [2.24, 2.45) is 0 Å². The first-order valence-electron chi connectivity index (χ1n) is 8.47. The van der Waals surface area contributed by atoms with Crippen LogP contribution in [0, 0.1) is 0 Å². The van der Waals surface area contributed by atoms with Gasteiger partial charge in [-0.05, 0) is 38.0 Å². The van der Waals surface area contributed by atoms with Crippen molar-refractivity contribution in [1.29, 1.82) is 0 Å². The molecule has 0 aliphatic carbocycles. The van der Waals surface area contributed by atoms with Gasteiger partial charge in [0, 0.05) is 42.8 Å². The molecule has 24 heavy (non-hydrogen) atoms. The monoisotopic (exact) mass is 325 g/mol. The zero-order valence-corrected chi connectivity index (χ0v) is 14.1. The fourth-order valence-electron chi connectivity index (χ4n) is 3.49. The minimum atomic E-state index is -0.904. The van der Waals surface area contributed by atoms with E-state index >= 15 is 0 Å². The molecule has 0 spiro atoms. The topological polar surface area (TPSA) is 70.0 Å².